The molecule has 0 bridgehead atoms. The molecule has 0 fully saturated rings. The lowest BCUT2D eigenvalue weighted by Gasteiger charge is -2.19. The summed E-state index contributed by atoms with van der Waals surface area (Å²) in [5.41, 5.74) is 5.31. The zero-order valence-electron chi connectivity index (χ0n) is 25.1. The molecule has 2 atom stereocenters. The molecule has 232 valence electrons. The van der Waals surface area contributed by atoms with Gasteiger partial charge in [0.15, 0.2) is 0 Å². The summed E-state index contributed by atoms with van der Waals surface area (Å²) in [6.07, 6.45) is 30.0. The number of rotatable bonds is 28. The largest absolute Gasteiger partial charge is 0.472 e. The molecule has 0 aromatic heterocycles. The normalized spacial score (nSPS) is 14.6. The van der Waals surface area contributed by atoms with Crippen molar-refractivity contribution in [3.05, 3.63) is 48.6 Å². The summed E-state index contributed by atoms with van der Waals surface area (Å²) in [6, 6.07) is 0. The highest BCUT2D eigenvalue weighted by atomic mass is 31.2. The maximum absolute atomic E-state index is 12.4. The summed E-state index contributed by atoms with van der Waals surface area (Å²) < 4.78 is 32.9. The Morgan fingerprint density at radius 2 is 1.35 bits per heavy atom. The number of phosphoric acid groups is 1. The second kappa shape index (κ2) is 29.0. The van der Waals surface area contributed by atoms with Crippen LogP contribution in [-0.4, -0.2) is 49.9 Å². The highest BCUT2D eigenvalue weighted by molar-refractivity contribution is 7.47. The van der Waals surface area contributed by atoms with Crippen LogP contribution >= 0.6 is 7.82 Å². The van der Waals surface area contributed by atoms with Crippen LogP contribution in [0.1, 0.15) is 104 Å². The van der Waals surface area contributed by atoms with E-state index in [0.29, 0.717) is 13.0 Å². The van der Waals surface area contributed by atoms with Crippen LogP contribution < -0.4 is 5.73 Å². The van der Waals surface area contributed by atoms with Crippen LogP contribution in [0.4, 0.5) is 0 Å². The van der Waals surface area contributed by atoms with E-state index in [0.717, 1.165) is 38.5 Å². The molecule has 0 saturated carbocycles. The van der Waals surface area contributed by atoms with Crippen molar-refractivity contribution in [2.75, 3.05) is 33.0 Å². The van der Waals surface area contributed by atoms with Crippen molar-refractivity contribution in [3.63, 3.8) is 0 Å². The van der Waals surface area contributed by atoms with Crippen molar-refractivity contribution in [3.8, 4) is 0 Å². The quantitative estimate of drug-likeness (QED) is 0.0414. The van der Waals surface area contributed by atoms with Crippen molar-refractivity contribution in [1.82, 2.24) is 0 Å². The second-order valence-electron chi connectivity index (χ2n) is 9.59. The topological polar surface area (TPSA) is 117 Å². The standard InChI is InChI=1S/C31H56NO7P/c1-3-5-7-9-11-13-14-15-16-17-18-20-22-24-31(33)39-30(29-38-40(34,35)37-27-25-32)28-36-26-23-21-19-12-10-8-6-4-2/h5,7,11,13,15-16,18,20,30H,3-4,6,8-10,12,14,17,19,21-29,32H2,1-2H3,(H,34,35)/b7-5-,13-11-,16-15-,20-18-. The highest BCUT2D eigenvalue weighted by Gasteiger charge is 2.25. The molecule has 0 amide bonds. The molecular weight excluding hydrogens is 529 g/mol. The summed E-state index contributed by atoms with van der Waals surface area (Å²) in [5.74, 6) is -0.414. The van der Waals surface area contributed by atoms with E-state index in [1.54, 1.807) is 0 Å². The summed E-state index contributed by atoms with van der Waals surface area (Å²) in [6.45, 7) is 4.64. The van der Waals surface area contributed by atoms with Crippen molar-refractivity contribution < 1.29 is 32.8 Å². The van der Waals surface area contributed by atoms with E-state index >= 15 is 0 Å². The predicted octanol–water partition coefficient (Wildman–Crippen LogP) is 7.73. The molecule has 0 aromatic rings. The molecule has 0 saturated heterocycles. The Morgan fingerprint density at radius 1 is 0.775 bits per heavy atom. The van der Waals surface area contributed by atoms with Gasteiger partial charge in [-0.05, 0) is 38.5 Å². The number of unbranched alkanes of at least 4 members (excludes halogenated alkanes) is 7. The zero-order valence-corrected chi connectivity index (χ0v) is 25.9. The Labute approximate surface area is 243 Å². The number of nitrogens with two attached hydrogens (primary N) is 1. The Kier molecular flexibility index (Phi) is 27.9. The smallest absolute Gasteiger partial charge is 0.457 e. The van der Waals surface area contributed by atoms with Crippen LogP contribution in [0.2, 0.25) is 0 Å². The summed E-state index contributed by atoms with van der Waals surface area (Å²) in [4.78, 5) is 22.1. The number of carbonyl (C=O) groups is 1. The molecule has 3 N–H and O–H groups in total. The van der Waals surface area contributed by atoms with Gasteiger partial charge in [-0.25, -0.2) is 4.57 Å². The third-order valence-electron chi connectivity index (χ3n) is 5.77. The van der Waals surface area contributed by atoms with Gasteiger partial charge in [-0.3, -0.25) is 13.8 Å². The molecular formula is C31H56NO7P. The third-order valence-corrected chi connectivity index (χ3v) is 6.76. The minimum absolute atomic E-state index is 0.0864. The van der Waals surface area contributed by atoms with Gasteiger partial charge in [-0.1, -0.05) is 107 Å². The van der Waals surface area contributed by atoms with Gasteiger partial charge in [0.25, 0.3) is 0 Å². The van der Waals surface area contributed by atoms with Gasteiger partial charge in [0.05, 0.1) is 19.8 Å². The van der Waals surface area contributed by atoms with Gasteiger partial charge in [-0.2, -0.15) is 0 Å². The molecule has 40 heavy (non-hydrogen) atoms. The molecule has 0 aliphatic heterocycles. The van der Waals surface area contributed by atoms with E-state index in [9.17, 15) is 14.3 Å². The van der Waals surface area contributed by atoms with Gasteiger partial charge in [0, 0.05) is 19.6 Å². The summed E-state index contributed by atoms with van der Waals surface area (Å²) in [7, 11) is -4.27. The molecule has 0 heterocycles. The molecule has 0 aromatic carbocycles. The average Bonchev–Trinajstić information content (AvgIpc) is 2.94. The van der Waals surface area contributed by atoms with Crippen LogP contribution in [0.15, 0.2) is 48.6 Å². The Morgan fingerprint density at radius 3 is 1.95 bits per heavy atom. The first-order chi connectivity index (χ1) is 19.4. The number of carbonyl (C=O) groups excluding carboxylic acids is 1. The lowest BCUT2D eigenvalue weighted by Crippen LogP contribution is -2.28. The molecule has 0 radical (unpaired) electrons. The molecule has 0 aliphatic carbocycles. The van der Waals surface area contributed by atoms with E-state index in [1.165, 1.54) is 38.5 Å². The van der Waals surface area contributed by atoms with Crippen LogP contribution in [0, 0.1) is 0 Å². The molecule has 9 heteroatoms. The van der Waals surface area contributed by atoms with E-state index < -0.39 is 19.9 Å². The monoisotopic (exact) mass is 585 g/mol. The Bertz CT molecular complexity index is 752. The molecule has 0 spiro atoms. The van der Waals surface area contributed by atoms with E-state index in [2.05, 4.69) is 50.3 Å². The first-order valence-electron chi connectivity index (χ1n) is 15.1. The lowest BCUT2D eigenvalue weighted by atomic mass is 10.1. The SMILES string of the molecule is CC/C=C\C/C=C\C/C=C\C/C=C\CCC(=O)OC(COCCCCCCCCCC)COP(=O)(O)OCCN. The van der Waals surface area contributed by atoms with Gasteiger partial charge in [-0.15, -0.1) is 0 Å². The number of esters is 1. The Balaban J connectivity index is 4.34. The van der Waals surface area contributed by atoms with Crippen LogP contribution in [0.25, 0.3) is 0 Å². The van der Waals surface area contributed by atoms with Crippen LogP contribution in [-0.2, 0) is 27.9 Å². The predicted molar refractivity (Wildman–Crippen MR) is 164 cm³/mol. The van der Waals surface area contributed by atoms with Gasteiger partial charge >= 0.3 is 13.8 Å². The van der Waals surface area contributed by atoms with Gasteiger partial charge in [0.2, 0.25) is 0 Å². The van der Waals surface area contributed by atoms with Crippen LogP contribution in [0.5, 0.6) is 0 Å². The Hall–Kier alpha value is -1.54. The minimum atomic E-state index is -4.27. The highest BCUT2D eigenvalue weighted by Crippen LogP contribution is 2.43. The van der Waals surface area contributed by atoms with E-state index in [4.69, 9.17) is 24.3 Å². The third kappa shape index (κ3) is 28.0. The number of phosphoric ester groups is 1. The fraction of sp³-hybridized carbons (Fsp3) is 0.710. The van der Waals surface area contributed by atoms with Gasteiger partial charge in [0.1, 0.15) is 6.10 Å². The molecule has 0 aliphatic rings. The first kappa shape index (κ1) is 38.5. The maximum atomic E-state index is 12.4. The van der Waals surface area contributed by atoms with Crippen molar-refractivity contribution in [2.45, 2.75) is 110 Å². The van der Waals surface area contributed by atoms with Crippen molar-refractivity contribution in [1.29, 1.82) is 0 Å². The number of ether oxygens (including phenoxy) is 2. The number of hydrogen-bond acceptors (Lipinski definition) is 7. The number of allylic oxidation sites excluding steroid dienone is 8. The summed E-state index contributed by atoms with van der Waals surface area (Å²) in [5, 5.41) is 0. The summed E-state index contributed by atoms with van der Waals surface area (Å²) >= 11 is 0. The fourth-order valence-corrected chi connectivity index (χ4v) is 4.36. The van der Waals surface area contributed by atoms with Crippen LogP contribution in [0.3, 0.4) is 0 Å². The maximum Gasteiger partial charge on any atom is 0.472 e. The van der Waals surface area contributed by atoms with Crippen molar-refractivity contribution in [2.24, 2.45) is 5.73 Å². The van der Waals surface area contributed by atoms with E-state index in [1.807, 2.05) is 12.2 Å². The molecule has 0 rings (SSSR count). The zero-order chi connectivity index (χ0) is 29.6. The van der Waals surface area contributed by atoms with E-state index in [-0.39, 0.29) is 32.8 Å². The average molecular weight is 586 g/mol. The molecule has 2 unspecified atom stereocenters. The van der Waals surface area contributed by atoms with Crippen molar-refractivity contribution >= 4 is 13.8 Å². The second-order valence-corrected chi connectivity index (χ2v) is 11.0. The molecule has 8 nitrogen and oxygen atoms in total. The minimum Gasteiger partial charge on any atom is -0.457 e. The number of hydrogen-bond donors (Lipinski definition) is 2. The van der Waals surface area contributed by atoms with Gasteiger partial charge < -0.3 is 20.1 Å². The fourth-order valence-electron chi connectivity index (χ4n) is 3.60. The first-order valence-corrected chi connectivity index (χ1v) is 16.6. The lowest BCUT2D eigenvalue weighted by molar-refractivity contribution is -0.154.